The van der Waals surface area contributed by atoms with E-state index >= 15 is 0 Å². The quantitative estimate of drug-likeness (QED) is 0.258. The number of rotatable bonds is 4. The molecule has 0 bridgehead atoms. The second kappa shape index (κ2) is 9.41. The Hall–Kier alpha value is -3.86. The fourth-order valence-corrected chi connectivity index (χ4v) is 7.68. The van der Waals surface area contributed by atoms with Crippen LogP contribution in [0.3, 0.4) is 0 Å². The molecule has 3 heterocycles. The smallest absolute Gasteiger partial charge is 0.148 e. The Morgan fingerprint density at radius 3 is 1.90 bits per heavy atom. The average molecular weight is 515 g/mol. The molecule has 4 aliphatic rings. The van der Waals surface area contributed by atoms with Crippen molar-refractivity contribution in [3.05, 3.63) is 95.2 Å². The van der Waals surface area contributed by atoms with Crippen LogP contribution in [0.1, 0.15) is 85.7 Å². The monoisotopic (exact) mass is 514 g/mol. The Balaban J connectivity index is 1.05. The lowest BCUT2D eigenvalue weighted by Gasteiger charge is -2.30. The summed E-state index contributed by atoms with van der Waals surface area (Å²) < 4.78 is 6.17. The van der Waals surface area contributed by atoms with Gasteiger partial charge in [-0.15, -0.1) is 0 Å². The average Bonchev–Trinajstić information content (AvgIpc) is 3.65. The molecule has 4 atom stereocenters. The topological polar surface area (TPSA) is 44.3 Å². The van der Waals surface area contributed by atoms with Gasteiger partial charge in [-0.3, -0.25) is 10.0 Å². The first-order valence-electron chi connectivity index (χ1n) is 14.7. The third-order valence-corrected chi connectivity index (χ3v) is 9.45. The van der Waals surface area contributed by atoms with Crippen LogP contribution in [0.4, 0.5) is 11.4 Å². The number of hydrazone groups is 2. The van der Waals surface area contributed by atoms with Gasteiger partial charge in [0.2, 0.25) is 0 Å². The molecule has 8 rings (SSSR count). The van der Waals surface area contributed by atoms with E-state index in [9.17, 15) is 0 Å². The molecular formula is C34H34N4O. The molecule has 5 nitrogen and oxygen atoms in total. The first-order valence-corrected chi connectivity index (χ1v) is 14.7. The summed E-state index contributed by atoms with van der Waals surface area (Å²) in [5.74, 6) is 1.99. The highest BCUT2D eigenvalue weighted by Gasteiger charge is 2.40. The van der Waals surface area contributed by atoms with E-state index in [1.807, 2.05) is 12.4 Å². The zero-order valence-corrected chi connectivity index (χ0v) is 22.2. The molecule has 0 spiro atoms. The van der Waals surface area contributed by atoms with Crippen LogP contribution in [0.25, 0.3) is 11.0 Å². The van der Waals surface area contributed by atoms with Gasteiger partial charge in [0.25, 0.3) is 0 Å². The molecule has 0 radical (unpaired) electrons. The number of hydrogen-bond acceptors (Lipinski definition) is 5. The summed E-state index contributed by atoms with van der Waals surface area (Å²) in [7, 11) is 0. The van der Waals surface area contributed by atoms with Gasteiger partial charge < -0.3 is 4.42 Å². The van der Waals surface area contributed by atoms with Gasteiger partial charge in [-0.2, -0.15) is 10.2 Å². The van der Waals surface area contributed by atoms with Crippen LogP contribution in [0.15, 0.2) is 87.4 Å². The zero-order valence-electron chi connectivity index (χ0n) is 22.2. The van der Waals surface area contributed by atoms with Crippen LogP contribution < -0.4 is 10.0 Å². The minimum absolute atomic E-state index is 0.457. The van der Waals surface area contributed by atoms with Gasteiger partial charge in [0, 0.05) is 17.2 Å². The summed E-state index contributed by atoms with van der Waals surface area (Å²) in [6.07, 6.45) is 14.0. The van der Waals surface area contributed by atoms with Gasteiger partial charge in [-0.05, 0) is 78.8 Å². The summed E-state index contributed by atoms with van der Waals surface area (Å²) in [6, 6.07) is 27.0. The lowest BCUT2D eigenvalue weighted by molar-refractivity contribution is 0.389. The van der Waals surface area contributed by atoms with Gasteiger partial charge in [0.15, 0.2) is 0 Å². The molecule has 3 aromatic carbocycles. The molecule has 2 aliphatic carbocycles. The molecule has 39 heavy (non-hydrogen) atoms. The number of nitrogens with zero attached hydrogens (tertiary/aromatic N) is 4. The molecule has 0 N–H and O–H groups in total. The second-order valence-electron chi connectivity index (χ2n) is 11.7. The SMILES string of the molecule is C(=NN1c2ccccc2C2CCCCC21)c1ccc2oc(C=NN3c4ccccc4C4CCCCC43)cc2c1. The molecule has 5 heteroatoms. The van der Waals surface area contributed by atoms with Crippen LogP contribution >= 0.6 is 0 Å². The van der Waals surface area contributed by atoms with E-state index in [0.717, 1.165) is 22.3 Å². The highest BCUT2D eigenvalue weighted by Crippen LogP contribution is 2.49. The predicted molar refractivity (Wildman–Crippen MR) is 159 cm³/mol. The van der Waals surface area contributed by atoms with Crippen LogP contribution in [-0.2, 0) is 0 Å². The third-order valence-electron chi connectivity index (χ3n) is 9.45. The predicted octanol–water partition coefficient (Wildman–Crippen LogP) is 8.19. The Morgan fingerprint density at radius 1 is 0.641 bits per heavy atom. The fraction of sp³-hybridized carbons (Fsp3) is 0.353. The lowest BCUT2D eigenvalue weighted by atomic mass is 9.83. The molecule has 2 saturated carbocycles. The molecule has 0 amide bonds. The molecule has 2 aliphatic heterocycles. The summed E-state index contributed by atoms with van der Waals surface area (Å²) in [5.41, 5.74) is 7.41. The molecular weight excluding hydrogens is 480 g/mol. The minimum atomic E-state index is 0.457. The fourth-order valence-electron chi connectivity index (χ4n) is 7.68. The van der Waals surface area contributed by atoms with Crippen molar-refractivity contribution in [1.29, 1.82) is 0 Å². The van der Waals surface area contributed by atoms with Crippen molar-refractivity contribution in [3.8, 4) is 0 Å². The molecule has 1 aromatic heterocycles. The van der Waals surface area contributed by atoms with E-state index < -0.39 is 0 Å². The van der Waals surface area contributed by atoms with Crippen molar-refractivity contribution in [3.63, 3.8) is 0 Å². The Morgan fingerprint density at radius 2 is 1.23 bits per heavy atom. The maximum absolute atomic E-state index is 6.17. The van der Waals surface area contributed by atoms with Gasteiger partial charge in [-0.1, -0.05) is 62.1 Å². The van der Waals surface area contributed by atoms with E-state index in [2.05, 4.69) is 82.8 Å². The normalized spacial score (nSPS) is 25.8. The largest absolute Gasteiger partial charge is 0.455 e. The number of furan rings is 1. The van der Waals surface area contributed by atoms with Gasteiger partial charge >= 0.3 is 0 Å². The standard InChI is InChI=1S/C34H34N4O/c1-5-13-30-26(9-1)27-10-2-6-14-31(27)37(30)35-21-23-17-18-34-24(19-23)20-25(39-34)22-36-38-32-15-7-3-11-28(32)29-12-4-8-16-33(29)38/h1,3,5,7,9,11,13,15,17-22,27,29,31,33H,2,4,6,8,10,12,14,16H2. The van der Waals surface area contributed by atoms with Crippen molar-refractivity contribution >= 4 is 34.8 Å². The van der Waals surface area contributed by atoms with E-state index in [1.165, 1.54) is 73.9 Å². The van der Waals surface area contributed by atoms with Gasteiger partial charge in [0.05, 0.1) is 35.9 Å². The Labute approximate surface area is 229 Å². The molecule has 2 fully saturated rings. The van der Waals surface area contributed by atoms with Crippen molar-refractivity contribution in [2.24, 2.45) is 10.2 Å². The maximum atomic E-state index is 6.17. The molecule has 0 saturated heterocycles. The molecule has 4 unspecified atom stereocenters. The van der Waals surface area contributed by atoms with Crippen LogP contribution in [0, 0.1) is 0 Å². The molecule has 196 valence electrons. The third kappa shape index (κ3) is 3.90. The Kier molecular flexibility index (Phi) is 5.56. The summed E-state index contributed by atoms with van der Waals surface area (Å²) in [5, 5.41) is 15.6. The minimum Gasteiger partial charge on any atom is -0.455 e. The van der Waals surface area contributed by atoms with Crippen LogP contribution in [0.5, 0.6) is 0 Å². The lowest BCUT2D eigenvalue weighted by Crippen LogP contribution is -2.32. The number of fused-ring (bicyclic) bond motifs is 7. The molecule has 4 aromatic rings. The maximum Gasteiger partial charge on any atom is 0.148 e. The van der Waals surface area contributed by atoms with Crippen molar-refractivity contribution in [1.82, 2.24) is 0 Å². The Bertz CT molecular complexity index is 1510. The number of anilines is 2. The van der Waals surface area contributed by atoms with Crippen molar-refractivity contribution in [2.45, 2.75) is 75.3 Å². The highest BCUT2D eigenvalue weighted by molar-refractivity contribution is 5.92. The summed E-state index contributed by atoms with van der Waals surface area (Å²) in [6.45, 7) is 0. The van der Waals surface area contributed by atoms with E-state index in [1.54, 1.807) is 0 Å². The zero-order chi connectivity index (χ0) is 25.8. The summed E-state index contributed by atoms with van der Waals surface area (Å²) in [4.78, 5) is 0. The van der Waals surface area contributed by atoms with E-state index in [4.69, 9.17) is 14.6 Å². The van der Waals surface area contributed by atoms with Crippen molar-refractivity contribution < 1.29 is 4.42 Å². The van der Waals surface area contributed by atoms with Crippen LogP contribution in [0.2, 0.25) is 0 Å². The van der Waals surface area contributed by atoms with E-state index in [0.29, 0.717) is 23.9 Å². The van der Waals surface area contributed by atoms with Crippen LogP contribution in [-0.4, -0.2) is 24.5 Å². The summed E-state index contributed by atoms with van der Waals surface area (Å²) >= 11 is 0. The number of benzene rings is 3. The number of hydrogen-bond donors (Lipinski definition) is 0. The second-order valence-corrected chi connectivity index (χ2v) is 11.7. The number of para-hydroxylation sites is 2. The van der Waals surface area contributed by atoms with Gasteiger partial charge in [-0.25, -0.2) is 0 Å². The first kappa shape index (κ1) is 23.1. The van der Waals surface area contributed by atoms with Gasteiger partial charge in [0.1, 0.15) is 11.3 Å². The van der Waals surface area contributed by atoms with Crippen molar-refractivity contribution in [2.75, 3.05) is 10.0 Å². The first-order chi connectivity index (χ1) is 19.3. The van der Waals surface area contributed by atoms with E-state index in [-0.39, 0.29) is 0 Å². The highest BCUT2D eigenvalue weighted by atomic mass is 16.3.